The fraction of sp³-hybridized carbons (Fsp3) is 0.476. The predicted octanol–water partition coefficient (Wildman–Crippen LogP) is 4.31. The van der Waals surface area contributed by atoms with E-state index in [0.29, 0.717) is 5.76 Å². The first-order valence-corrected chi connectivity index (χ1v) is 12.1. The summed E-state index contributed by atoms with van der Waals surface area (Å²) in [6.45, 7) is 8.49. The normalized spacial score (nSPS) is 21.0. The zero-order chi connectivity index (χ0) is 20.1. The van der Waals surface area contributed by atoms with E-state index in [4.69, 9.17) is 9.17 Å². The van der Waals surface area contributed by atoms with E-state index in [-0.39, 0.29) is 23.9 Å². The Morgan fingerprint density at radius 3 is 2.43 bits per heavy atom. The minimum absolute atomic E-state index is 0.0157. The minimum Gasteiger partial charge on any atom is -0.381 e. The molecule has 28 heavy (non-hydrogen) atoms. The van der Waals surface area contributed by atoms with Crippen LogP contribution in [0.25, 0.3) is 16.3 Å². The molecule has 0 saturated carbocycles. The molecule has 0 amide bonds. The first kappa shape index (κ1) is 19.6. The second-order valence-corrected chi connectivity index (χ2v) is 10.6. The Morgan fingerprint density at radius 2 is 1.79 bits per heavy atom. The number of nitrogens with zero attached hydrogens (tertiary/aromatic N) is 2. The third-order valence-electron chi connectivity index (χ3n) is 5.37. The molecular formula is C21H26N2O3S2. The van der Waals surface area contributed by atoms with Crippen molar-refractivity contribution < 1.29 is 12.6 Å². The van der Waals surface area contributed by atoms with Gasteiger partial charge >= 0.3 is 10.1 Å². The summed E-state index contributed by atoms with van der Waals surface area (Å²) in [4.78, 5) is 7.96. The highest BCUT2D eigenvalue weighted by Crippen LogP contribution is 2.44. The van der Waals surface area contributed by atoms with Crippen LogP contribution in [0.15, 0.2) is 35.9 Å². The topological polar surface area (TPSA) is 59.5 Å². The molecule has 7 heteroatoms. The molecular weight excluding hydrogens is 392 g/mol. The van der Waals surface area contributed by atoms with Crippen LogP contribution in [-0.4, -0.2) is 42.2 Å². The average molecular weight is 419 g/mol. The van der Waals surface area contributed by atoms with E-state index >= 15 is 0 Å². The lowest BCUT2D eigenvalue weighted by molar-refractivity contribution is 0.136. The third-order valence-corrected chi connectivity index (χ3v) is 7.66. The van der Waals surface area contributed by atoms with Crippen LogP contribution >= 0.6 is 11.3 Å². The lowest BCUT2D eigenvalue weighted by Crippen LogP contribution is -2.51. The van der Waals surface area contributed by atoms with Crippen molar-refractivity contribution in [2.75, 3.05) is 5.75 Å². The molecule has 2 heterocycles. The van der Waals surface area contributed by atoms with Crippen LogP contribution in [0.2, 0.25) is 0 Å². The van der Waals surface area contributed by atoms with Gasteiger partial charge in [0.15, 0.2) is 5.76 Å². The molecule has 2 aromatic rings. The number of rotatable bonds is 4. The first-order chi connectivity index (χ1) is 13.3. The van der Waals surface area contributed by atoms with Gasteiger partial charge in [0, 0.05) is 17.6 Å². The molecule has 5 nitrogen and oxygen atoms in total. The fourth-order valence-electron chi connectivity index (χ4n) is 4.36. The van der Waals surface area contributed by atoms with Crippen molar-refractivity contribution in [2.24, 2.45) is 0 Å². The number of hydrogen-bond donors (Lipinski definition) is 0. The van der Waals surface area contributed by atoms with Gasteiger partial charge < -0.3 is 4.18 Å². The van der Waals surface area contributed by atoms with Gasteiger partial charge in [-0.3, -0.25) is 4.90 Å². The van der Waals surface area contributed by atoms with E-state index in [1.807, 2.05) is 30.3 Å². The second kappa shape index (κ2) is 7.28. The standard InChI is InChI=1S/C21H26N2O3S2/c1-13(2)23(14(3)4)18-12-28(24,25)26-19-16(18)10-11-17-20(19)27-21(22-17)15-8-6-5-7-9-15/h5-9,13-14,18H,10-12H2,1-4H3. The molecule has 150 valence electrons. The van der Waals surface area contributed by atoms with Crippen LogP contribution in [0, 0.1) is 0 Å². The molecule has 0 radical (unpaired) electrons. The summed E-state index contributed by atoms with van der Waals surface area (Å²) in [5.74, 6) is 0.547. The second-order valence-electron chi connectivity index (χ2n) is 7.97. The Morgan fingerprint density at radius 1 is 1.11 bits per heavy atom. The summed E-state index contributed by atoms with van der Waals surface area (Å²) in [7, 11) is -3.63. The number of fused-ring (bicyclic) bond motifs is 2. The van der Waals surface area contributed by atoms with Crippen LogP contribution in [0.4, 0.5) is 0 Å². The molecule has 1 aliphatic heterocycles. The van der Waals surface area contributed by atoms with Crippen LogP contribution in [0.1, 0.15) is 44.7 Å². The largest absolute Gasteiger partial charge is 0.381 e. The van der Waals surface area contributed by atoms with Gasteiger partial charge in [0.2, 0.25) is 0 Å². The molecule has 0 spiro atoms. The molecule has 2 aliphatic rings. The molecule has 1 aliphatic carbocycles. The molecule has 1 aromatic carbocycles. The van der Waals surface area contributed by atoms with Crippen molar-refractivity contribution in [3.05, 3.63) is 46.5 Å². The maximum atomic E-state index is 12.7. The van der Waals surface area contributed by atoms with Crippen LogP contribution < -0.4 is 0 Å². The number of aromatic nitrogens is 1. The van der Waals surface area contributed by atoms with E-state index in [2.05, 4.69) is 32.6 Å². The number of hydrogen-bond acceptors (Lipinski definition) is 6. The molecule has 0 saturated heterocycles. The SMILES string of the molecule is CC(C)N(C(C)C)C1CS(=O)(=O)OC2=C1CCc1nc(-c3ccccc3)sc12. The summed E-state index contributed by atoms with van der Waals surface area (Å²) < 4.78 is 30.9. The van der Waals surface area contributed by atoms with Crippen molar-refractivity contribution in [3.63, 3.8) is 0 Å². The van der Waals surface area contributed by atoms with E-state index in [1.165, 1.54) is 11.3 Å². The Balaban J connectivity index is 1.83. The highest BCUT2D eigenvalue weighted by atomic mass is 32.2. The highest BCUT2D eigenvalue weighted by molar-refractivity contribution is 7.87. The zero-order valence-corrected chi connectivity index (χ0v) is 18.3. The molecule has 0 bridgehead atoms. The average Bonchev–Trinajstić information content (AvgIpc) is 3.06. The predicted molar refractivity (Wildman–Crippen MR) is 114 cm³/mol. The summed E-state index contributed by atoms with van der Waals surface area (Å²) in [5, 5.41) is 0.909. The maximum absolute atomic E-state index is 12.7. The van der Waals surface area contributed by atoms with Crippen molar-refractivity contribution in [2.45, 2.75) is 58.7 Å². The van der Waals surface area contributed by atoms with Crippen LogP contribution in [0.5, 0.6) is 0 Å². The van der Waals surface area contributed by atoms with E-state index < -0.39 is 10.1 Å². The quantitative estimate of drug-likeness (QED) is 0.692. The monoisotopic (exact) mass is 418 g/mol. The van der Waals surface area contributed by atoms with Crippen LogP contribution in [-0.2, 0) is 20.7 Å². The lowest BCUT2D eigenvalue weighted by atomic mass is 9.92. The summed E-state index contributed by atoms with van der Waals surface area (Å²) in [6.07, 6.45) is 1.61. The number of thiazole rings is 1. The lowest BCUT2D eigenvalue weighted by Gasteiger charge is -2.42. The van der Waals surface area contributed by atoms with Crippen molar-refractivity contribution in [3.8, 4) is 10.6 Å². The number of aryl methyl sites for hydroxylation is 1. The van der Waals surface area contributed by atoms with Gasteiger partial charge in [0.25, 0.3) is 0 Å². The van der Waals surface area contributed by atoms with Gasteiger partial charge in [-0.2, -0.15) is 8.42 Å². The van der Waals surface area contributed by atoms with E-state index in [9.17, 15) is 8.42 Å². The highest BCUT2D eigenvalue weighted by Gasteiger charge is 2.42. The molecule has 1 unspecified atom stereocenters. The van der Waals surface area contributed by atoms with Gasteiger partial charge in [-0.1, -0.05) is 30.3 Å². The summed E-state index contributed by atoms with van der Waals surface area (Å²) in [5.41, 5.74) is 3.09. The Labute approximate surface area is 171 Å². The van der Waals surface area contributed by atoms with Gasteiger partial charge in [-0.15, -0.1) is 11.3 Å². The van der Waals surface area contributed by atoms with Gasteiger partial charge in [0.1, 0.15) is 10.8 Å². The van der Waals surface area contributed by atoms with E-state index in [1.54, 1.807) is 0 Å². The van der Waals surface area contributed by atoms with E-state index in [0.717, 1.165) is 39.6 Å². The summed E-state index contributed by atoms with van der Waals surface area (Å²) >= 11 is 1.53. The fourth-order valence-corrected chi connectivity index (χ4v) is 6.82. The maximum Gasteiger partial charge on any atom is 0.311 e. The molecule has 4 rings (SSSR count). The van der Waals surface area contributed by atoms with Crippen molar-refractivity contribution in [1.82, 2.24) is 9.88 Å². The summed E-state index contributed by atoms with van der Waals surface area (Å²) in [6, 6.07) is 10.3. The molecule has 0 fully saturated rings. The molecule has 1 atom stereocenters. The van der Waals surface area contributed by atoms with Gasteiger partial charge in [-0.25, -0.2) is 4.98 Å². The first-order valence-electron chi connectivity index (χ1n) is 9.75. The van der Waals surface area contributed by atoms with Crippen LogP contribution in [0.3, 0.4) is 0 Å². The Kier molecular flexibility index (Phi) is 5.10. The van der Waals surface area contributed by atoms with Crippen molar-refractivity contribution >= 4 is 27.2 Å². The Bertz CT molecular complexity index is 1000. The third kappa shape index (κ3) is 3.51. The van der Waals surface area contributed by atoms with Gasteiger partial charge in [0.05, 0.1) is 16.6 Å². The Hall–Kier alpha value is -1.70. The van der Waals surface area contributed by atoms with Crippen molar-refractivity contribution in [1.29, 1.82) is 0 Å². The molecule has 1 aromatic heterocycles. The zero-order valence-electron chi connectivity index (χ0n) is 16.7. The number of benzene rings is 1. The smallest absolute Gasteiger partial charge is 0.311 e. The van der Waals surface area contributed by atoms with Gasteiger partial charge in [-0.05, 0) is 46.1 Å². The minimum atomic E-state index is -3.63. The molecule has 0 N–H and O–H groups in total.